The predicted octanol–water partition coefficient (Wildman–Crippen LogP) is 4.66. The fraction of sp³-hybridized carbons (Fsp3) is 0.250. The zero-order valence-corrected chi connectivity index (χ0v) is 22.0. The summed E-state index contributed by atoms with van der Waals surface area (Å²) >= 11 is 12.2. The molecular formula is C28H28Cl2N4O3. The molecule has 0 fully saturated rings. The molecule has 0 unspecified atom stereocenters. The summed E-state index contributed by atoms with van der Waals surface area (Å²) in [7, 11) is 1.59. The van der Waals surface area contributed by atoms with Crippen molar-refractivity contribution in [3.63, 3.8) is 0 Å². The van der Waals surface area contributed by atoms with Crippen LogP contribution in [0.1, 0.15) is 17.8 Å². The molecule has 9 heteroatoms. The molecule has 7 nitrogen and oxygen atoms in total. The summed E-state index contributed by atoms with van der Waals surface area (Å²) in [6, 6.07) is 19.7. The number of nitrogens with zero attached hydrogens (tertiary/aromatic N) is 3. The predicted molar refractivity (Wildman–Crippen MR) is 148 cm³/mol. The van der Waals surface area contributed by atoms with Gasteiger partial charge < -0.3 is 15.4 Å². The van der Waals surface area contributed by atoms with Gasteiger partial charge in [-0.15, -0.1) is 0 Å². The van der Waals surface area contributed by atoms with E-state index < -0.39 is 0 Å². The van der Waals surface area contributed by atoms with Crippen LogP contribution in [0.15, 0.2) is 71.5 Å². The number of methoxy groups -OCH3 is 1. The number of rotatable bonds is 10. The first kappa shape index (κ1) is 26.7. The summed E-state index contributed by atoms with van der Waals surface area (Å²) in [4.78, 5) is 33.3. The molecule has 3 aromatic carbocycles. The van der Waals surface area contributed by atoms with Crippen LogP contribution >= 0.6 is 23.2 Å². The molecule has 0 atom stereocenters. The van der Waals surface area contributed by atoms with Crippen LogP contribution in [0.5, 0.6) is 5.75 Å². The van der Waals surface area contributed by atoms with E-state index in [0.717, 1.165) is 5.56 Å². The maximum Gasteiger partial charge on any atom is 0.265 e. The number of aromatic nitrogens is 2. The Kier molecular flexibility index (Phi) is 8.82. The van der Waals surface area contributed by atoms with Crippen molar-refractivity contribution in [1.82, 2.24) is 14.5 Å². The fourth-order valence-corrected chi connectivity index (χ4v) is 4.48. The summed E-state index contributed by atoms with van der Waals surface area (Å²) in [6.07, 6.45) is 1.21. The minimum atomic E-state index is -0.165. The van der Waals surface area contributed by atoms with Crippen LogP contribution in [0.2, 0.25) is 10.0 Å². The van der Waals surface area contributed by atoms with E-state index in [-0.39, 0.29) is 17.9 Å². The Balaban J connectivity index is 1.65. The van der Waals surface area contributed by atoms with Gasteiger partial charge in [-0.2, -0.15) is 0 Å². The van der Waals surface area contributed by atoms with Crippen LogP contribution in [0, 0.1) is 0 Å². The van der Waals surface area contributed by atoms with Gasteiger partial charge in [0, 0.05) is 19.5 Å². The lowest BCUT2D eigenvalue weighted by atomic mass is 10.1. The van der Waals surface area contributed by atoms with Crippen molar-refractivity contribution in [3.8, 4) is 11.4 Å². The van der Waals surface area contributed by atoms with E-state index in [0.29, 0.717) is 70.7 Å². The van der Waals surface area contributed by atoms with E-state index in [1.165, 1.54) is 0 Å². The van der Waals surface area contributed by atoms with E-state index in [4.69, 9.17) is 38.7 Å². The van der Waals surface area contributed by atoms with Gasteiger partial charge in [0.2, 0.25) is 5.91 Å². The van der Waals surface area contributed by atoms with Gasteiger partial charge in [0.05, 0.1) is 40.2 Å². The highest BCUT2D eigenvalue weighted by Gasteiger charge is 2.18. The molecule has 0 saturated carbocycles. The van der Waals surface area contributed by atoms with Gasteiger partial charge in [0.25, 0.3) is 5.56 Å². The van der Waals surface area contributed by atoms with Gasteiger partial charge in [0.15, 0.2) is 0 Å². The van der Waals surface area contributed by atoms with Crippen molar-refractivity contribution in [2.75, 3.05) is 26.7 Å². The first-order valence-electron chi connectivity index (χ1n) is 12.0. The van der Waals surface area contributed by atoms with Crippen molar-refractivity contribution >= 4 is 40.0 Å². The highest BCUT2D eigenvalue weighted by Crippen LogP contribution is 2.23. The molecular weight excluding hydrogens is 511 g/mol. The lowest BCUT2D eigenvalue weighted by Crippen LogP contribution is -2.37. The molecule has 0 aliphatic carbocycles. The summed E-state index contributed by atoms with van der Waals surface area (Å²) in [5.41, 5.74) is 7.64. The third-order valence-corrected chi connectivity index (χ3v) is 6.84. The first-order valence-corrected chi connectivity index (χ1v) is 12.7. The number of fused-ring (bicyclic) bond motifs is 1. The van der Waals surface area contributed by atoms with Crippen LogP contribution < -0.4 is 16.0 Å². The lowest BCUT2D eigenvalue weighted by molar-refractivity contribution is -0.130. The van der Waals surface area contributed by atoms with Crippen molar-refractivity contribution in [2.45, 2.75) is 19.3 Å². The number of halogens is 2. The number of nitrogens with two attached hydrogens (primary N) is 1. The zero-order valence-electron chi connectivity index (χ0n) is 20.5. The Hall–Kier alpha value is -3.39. The summed E-state index contributed by atoms with van der Waals surface area (Å²) < 4.78 is 6.87. The highest BCUT2D eigenvalue weighted by atomic mass is 35.5. The van der Waals surface area contributed by atoms with E-state index >= 15 is 0 Å². The maximum absolute atomic E-state index is 13.5. The van der Waals surface area contributed by atoms with Gasteiger partial charge >= 0.3 is 0 Å². The molecule has 0 aliphatic heterocycles. The SMILES string of the molecule is COc1ccc(-n2c(CCN(CCCN)C(=O)Cc3ccc(Cl)c(Cl)c3)nc3ccccc3c2=O)cc1. The molecule has 37 heavy (non-hydrogen) atoms. The van der Waals surface area contributed by atoms with Gasteiger partial charge in [0.1, 0.15) is 11.6 Å². The van der Waals surface area contributed by atoms with Crippen molar-refractivity contribution in [3.05, 3.63) is 98.5 Å². The molecule has 2 N–H and O–H groups in total. The Morgan fingerprint density at radius 3 is 2.49 bits per heavy atom. The van der Waals surface area contributed by atoms with E-state index in [9.17, 15) is 9.59 Å². The number of ether oxygens (including phenoxy) is 1. The largest absolute Gasteiger partial charge is 0.497 e. The second kappa shape index (κ2) is 12.2. The maximum atomic E-state index is 13.5. The minimum absolute atomic E-state index is 0.0639. The number of carbonyl (C=O) groups is 1. The summed E-state index contributed by atoms with van der Waals surface area (Å²) in [5.74, 6) is 1.19. The Bertz CT molecular complexity index is 1450. The molecule has 1 amide bonds. The topological polar surface area (TPSA) is 90.4 Å². The minimum Gasteiger partial charge on any atom is -0.497 e. The second-order valence-corrected chi connectivity index (χ2v) is 9.40. The highest BCUT2D eigenvalue weighted by molar-refractivity contribution is 6.42. The molecule has 0 bridgehead atoms. The summed E-state index contributed by atoms with van der Waals surface area (Å²) in [5, 5.41) is 1.37. The normalized spacial score (nSPS) is 11.0. The third-order valence-electron chi connectivity index (χ3n) is 6.11. The number of para-hydroxylation sites is 1. The van der Waals surface area contributed by atoms with Crippen LogP contribution in [-0.2, 0) is 17.6 Å². The summed E-state index contributed by atoms with van der Waals surface area (Å²) in [6.45, 7) is 1.33. The molecule has 1 aromatic heterocycles. The van der Waals surface area contributed by atoms with E-state index in [1.807, 2.05) is 30.3 Å². The van der Waals surface area contributed by atoms with Gasteiger partial charge in [-0.3, -0.25) is 14.2 Å². The smallest absolute Gasteiger partial charge is 0.265 e. The van der Waals surface area contributed by atoms with Crippen LogP contribution in [0.25, 0.3) is 16.6 Å². The molecule has 0 radical (unpaired) electrons. The molecule has 0 saturated heterocycles. The second-order valence-electron chi connectivity index (χ2n) is 8.58. The number of benzene rings is 3. The average Bonchev–Trinajstić information content (AvgIpc) is 2.91. The van der Waals surface area contributed by atoms with Crippen molar-refractivity contribution < 1.29 is 9.53 Å². The van der Waals surface area contributed by atoms with Crippen LogP contribution in [0.4, 0.5) is 0 Å². The van der Waals surface area contributed by atoms with Crippen LogP contribution in [-0.4, -0.2) is 47.1 Å². The Morgan fingerprint density at radius 2 is 1.78 bits per heavy atom. The number of hydrogen-bond donors (Lipinski definition) is 1. The van der Waals surface area contributed by atoms with Gasteiger partial charge in [-0.25, -0.2) is 4.98 Å². The monoisotopic (exact) mass is 538 g/mol. The average molecular weight is 539 g/mol. The van der Waals surface area contributed by atoms with E-state index in [2.05, 4.69) is 0 Å². The first-order chi connectivity index (χ1) is 17.9. The molecule has 0 spiro atoms. The number of carbonyl (C=O) groups excluding carboxylic acids is 1. The van der Waals surface area contributed by atoms with E-state index in [1.54, 1.807) is 53.0 Å². The van der Waals surface area contributed by atoms with Crippen molar-refractivity contribution in [2.24, 2.45) is 5.73 Å². The third kappa shape index (κ3) is 6.31. The molecule has 1 heterocycles. The molecule has 4 rings (SSSR count). The van der Waals surface area contributed by atoms with Gasteiger partial charge in [-0.05, 0) is 67.1 Å². The quantitative estimate of drug-likeness (QED) is 0.317. The molecule has 4 aromatic rings. The lowest BCUT2D eigenvalue weighted by Gasteiger charge is -2.23. The number of amides is 1. The zero-order chi connectivity index (χ0) is 26.4. The Morgan fingerprint density at radius 1 is 1.03 bits per heavy atom. The van der Waals surface area contributed by atoms with Gasteiger partial charge in [-0.1, -0.05) is 41.4 Å². The standard InChI is InChI=1S/C28H28Cl2N4O3/c1-37-21-10-8-20(9-11-21)34-26(32-25-6-3-2-5-22(25)28(34)36)13-16-33(15-4-14-31)27(35)18-19-7-12-23(29)24(30)17-19/h2-3,5-12,17H,4,13-16,18,31H2,1H3. The molecule has 192 valence electrons. The molecule has 0 aliphatic rings. The van der Waals surface area contributed by atoms with Crippen LogP contribution in [0.3, 0.4) is 0 Å². The number of hydrogen-bond acceptors (Lipinski definition) is 5. The fourth-order valence-electron chi connectivity index (χ4n) is 4.16. The Labute approximate surface area is 225 Å². The van der Waals surface area contributed by atoms with Crippen molar-refractivity contribution in [1.29, 1.82) is 0 Å².